The van der Waals surface area contributed by atoms with Crippen LogP contribution in [0.5, 0.6) is 0 Å². The van der Waals surface area contributed by atoms with E-state index >= 15 is 0 Å². The highest BCUT2D eigenvalue weighted by atomic mass is 16.6. The summed E-state index contributed by atoms with van der Waals surface area (Å²) in [7, 11) is 0. The lowest BCUT2D eigenvalue weighted by Gasteiger charge is -2.33. The van der Waals surface area contributed by atoms with Crippen molar-refractivity contribution in [1.82, 2.24) is 9.80 Å². The van der Waals surface area contributed by atoms with Crippen molar-refractivity contribution in [2.75, 3.05) is 44.2 Å². The van der Waals surface area contributed by atoms with Gasteiger partial charge in [-0.3, -0.25) is 4.79 Å². The van der Waals surface area contributed by atoms with Crippen LogP contribution in [0.4, 0.5) is 10.5 Å². The number of fused-ring (bicyclic) bond motifs is 1. The lowest BCUT2D eigenvalue weighted by molar-refractivity contribution is -0.117. The molecule has 152 valence electrons. The van der Waals surface area contributed by atoms with Crippen molar-refractivity contribution in [3.63, 3.8) is 0 Å². The Morgan fingerprint density at radius 2 is 1.96 bits per heavy atom. The van der Waals surface area contributed by atoms with Crippen molar-refractivity contribution in [2.24, 2.45) is 5.92 Å². The molecule has 0 bridgehead atoms. The summed E-state index contributed by atoms with van der Waals surface area (Å²) in [5.41, 5.74) is 3.50. The lowest BCUT2D eigenvalue weighted by Crippen LogP contribution is -2.43. The third-order valence-corrected chi connectivity index (χ3v) is 6.38. The second kappa shape index (κ2) is 8.11. The molecule has 3 aliphatic heterocycles. The molecule has 1 atom stereocenters. The molecule has 1 aromatic rings. The Morgan fingerprint density at radius 3 is 2.71 bits per heavy atom. The van der Waals surface area contributed by atoms with E-state index in [1.54, 1.807) is 0 Å². The van der Waals surface area contributed by atoms with Crippen LogP contribution in [0, 0.1) is 12.8 Å². The van der Waals surface area contributed by atoms with Gasteiger partial charge in [-0.1, -0.05) is 12.1 Å². The first-order valence-electron chi connectivity index (χ1n) is 10.6. The van der Waals surface area contributed by atoms with Crippen LogP contribution in [0.25, 0.3) is 0 Å². The number of likely N-dealkylation sites (tertiary alicyclic amines) is 2. The maximum Gasteiger partial charge on any atom is 0.409 e. The van der Waals surface area contributed by atoms with Crippen molar-refractivity contribution in [1.29, 1.82) is 0 Å². The molecule has 2 fully saturated rings. The van der Waals surface area contributed by atoms with Gasteiger partial charge < -0.3 is 19.4 Å². The minimum Gasteiger partial charge on any atom is -0.450 e. The molecule has 0 spiro atoms. The number of hydrogen-bond acceptors (Lipinski definition) is 4. The number of carbonyl (C=O) groups is 2. The molecule has 0 aliphatic carbocycles. The van der Waals surface area contributed by atoms with E-state index in [1.807, 2.05) is 11.8 Å². The average Bonchev–Trinajstić information content (AvgIpc) is 3.25. The summed E-state index contributed by atoms with van der Waals surface area (Å²) < 4.78 is 5.11. The summed E-state index contributed by atoms with van der Waals surface area (Å²) in [6.45, 7) is 9.02. The Labute approximate surface area is 167 Å². The first-order chi connectivity index (χ1) is 13.5. The average molecular weight is 386 g/mol. The molecule has 3 aliphatic rings. The summed E-state index contributed by atoms with van der Waals surface area (Å²) in [6.07, 6.45) is 3.47. The quantitative estimate of drug-likeness (QED) is 0.800. The Kier molecular flexibility index (Phi) is 5.58. The van der Waals surface area contributed by atoms with Gasteiger partial charge in [0.2, 0.25) is 5.91 Å². The fourth-order valence-electron chi connectivity index (χ4n) is 4.90. The van der Waals surface area contributed by atoms with E-state index in [1.165, 1.54) is 11.1 Å². The number of hydrogen-bond donors (Lipinski definition) is 0. The minimum atomic E-state index is -0.177. The Bertz CT molecular complexity index is 743. The molecule has 1 aromatic carbocycles. The van der Waals surface area contributed by atoms with Crippen LogP contribution in [0.15, 0.2) is 18.2 Å². The zero-order chi connectivity index (χ0) is 19.7. The Balaban J connectivity index is 1.31. The number of piperidine rings is 1. The van der Waals surface area contributed by atoms with Gasteiger partial charge in [0.15, 0.2) is 0 Å². The number of amides is 2. The van der Waals surface area contributed by atoms with Gasteiger partial charge in [0.25, 0.3) is 0 Å². The van der Waals surface area contributed by atoms with Gasteiger partial charge in [-0.2, -0.15) is 0 Å². The van der Waals surface area contributed by atoms with Gasteiger partial charge >= 0.3 is 6.09 Å². The van der Waals surface area contributed by atoms with Crippen LogP contribution in [0.3, 0.4) is 0 Å². The molecule has 6 heteroatoms. The standard InChI is InChI=1S/C22H31N3O3/c1-3-28-22(27)24-10-6-17(7-11-24)14-23-9-8-19(15-23)25-20-12-16(2)4-5-18(20)13-21(25)26/h4-5,12,17,19H,3,6-11,13-15H2,1-2H3/t19-/m0/s1. The summed E-state index contributed by atoms with van der Waals surface area (Å²) in [5, 5.41) is 0. The SMILES string of the molecule is CCOC(=O)N1CCC(CN2CC[C@H](N3C(=O)Cc4ccc(C)cc43)C2)CC1. The highest BCUT2D eigenvalue weighted by molar-refractivity contribution is 6.02. The van der Waals surface area contributed by atoms with E-state index in [0.29, 0.717) is 18.9 Å². The van der Waals surface area contributed by atoms with Gasteiger partial charge in [0.05, 0.1) is 19.1 Å². The van der Waals surface area contributed by atoms with E-state index in [0.717, 1.165) is 57.7 Å². The van der Waals surface area contributed by atoms with E-state index in [2.05, 4.69) is 34.9 Å². The maximum atomic E-state index is 12.6. The highest BCUT2D eigenvalue weighted by Crippen LogP contribution is 2.34. The predicted molar refractivity (Wildman–Crippen MR) is 109 cm³/mol. The zero-order valence-corrected chi connectivity index (χ0v) is 17.0. The molecule has 2 saturated heterocycles. The van der Waals surface area contributed by atoms with Gasteiger partial charge in [0, 0.05) is 38.4 Å². The smallest absolute Gasteiger partial charge is 0.409 e. The molecule has 0 aromatic heterocycles. The molecule has 28 heavy (non-hydrogen) atoms. The molecule has 0 radical (unpaired) electrons. The molecule has 0 unspecified atom stereocenters. The minimum absolute atomic E-state index is 0.177. The van der Waals surface area contributed by atoms with Gasteiger partial charge in [-0.15, -0.1) is 0 Å². The molecule has 0 N–H and O–H groups in total. The van der Waals surface area contributed by atoms with Crippen LogP contribution in [0.2, 0.25) is 0 Å². The number of anilines is 1. The maximum absolute atomic E-state index is 12.6. The first kappa shape index (κ1) is 19.2. The van der Waals surface area contributed by atoms with Crippen molar-refractivity contribution < 1.29 is 14.3 Å². The van der Waals surface area contributed by atoms with Crippen LogP contribution in [-0.2, 0) is 16.0 Å². The normalized spacial score (nSPS) is 23.4. The van der Waals surface area contributed by atoms with E-state index < -0.39 is 0 Å². The summed E-state index contributed by atoms with van der Waals surface area (Å²) in [4.78, 5) is 30.9. The van der Waals surface area contributed by atoms with Crippen LogP contribution in [-0.4, -0.2) is 67.2 Å². The van der Waals surface area contributed by atoms with Gasteiger partial charge in [-0.05, 0) is 56.2 Å². The van der Waals surface area contributed by atoms with Crippen molar-refractivity contribution in [3.05, 3.63) is 29.3 Å². The number of nitrogens with zero attached hydrogens (tertiary/aromatic N) is 3. The third-order valence-electron chi connectivity index (χ3n) is 6.38. The van der Waals surface area contributed by atoms with Crippen molar-refractivity contribution in [3.8, 4) is 0 Å². The number of rotatable bonds is 4. The van der Waals surface area contributed by atoms with Crippen molar-refractivity contribution in [2.45, 2.75) is 45.6 Å². The molecule has 3 heterocycles. The molecular formula is C22H31N3O3. The lowest BCUT2D eigenvalue weighted by atomic mass is 9.96. The third kappa shape index (κ3) is 3.88. The highest BCUT2D eigenvalue weighted by Gasteiger charge is 2.37. The largest absolute Gasteiger partial charge is 0.450 e. The summed E-state index contributed by atoms with van der Waals surface area (Å²) >= 11 is 0. The van der Waals surface area contributed by atoms with Crippen LogP contribution < -0.4 is 4.90 Å². The Morgan fingerprint density at radius 1 is 1.18 bits per heavy atom. The van der Waals surface area contributed by atoms with Crippen LogP contribution in [0.1, 0.15) is 37.3 Å². The first-order valence-corrected chi connectivity index (χ1v) is 10.6. The van der Waals surface area contributed by atoms with E-state index in [9.17, 15) is 9.59 Å². The van der Waals surface area contributed by atoms with E-state index in [-0.39, 0.29) is 18.0 Å². The Hall–Kier alpha value is -2.08. The van der Waals surface area contributed by atoms with Gasteiger partial charge in [-0.25, -0.2) is 4.79 Å². The number of benzene rings is 1. The second-order valence-corrected chi connectivity index (χ2v) is 8.40. The number of ether oxygens (including phenoxy) is 1. The monoisotopic (exact) mass is 385 g/mol. The van der Waals surface area contributed by atoms with E-state index in [4.69, 9.17) is 4.74 Å². The summed E-state index contributed by atoms with van der Waals surface area (Å²) in [6, 6.07) is 6.65. The molecule has 2 amide bonds. The topological polar surface area (TPSA) is 53.1 Å². The van der Waals surface area contributed by atoms with Crippen molar-refractivity contribution >= 4 is 17.7 Å². The zero-order valence-electron chi connectivity index (χ0n) is 17.0. The number of carbonyl (C=O) groups excluding carboxylic acids is 2. The number of aryl methyl sites for hydroxylation is 1. The second-order valence-electron chi connectivity index (χ2n) is 8.40. The van der Waals surface area contributed by atoms with Crippen LogP contribution >= 0.6 is 0 Å². The molecular weight excluding hydrogens is 354 g/mol. The molecule has 6 nitrogen and oxygen atoms in total. The molecule has 0 saturated carbocycles. The molecule has 4 rings (SSSR count). The fraction of sp³-hybridized carbons (Fsp3) is 0.636. The predicted octanol–water partition coefficient (Wildman–Crippen LogP) is 2.83. The van der Waals surface area contributed by atoms with Gasteiger partial charge in [0.1, 0.15) is 0 Å². The summed E-state index contributed by atoms with van der Waals surface area (Å²) in [5.74, 6) is 0.864. The fourth-order valence-corrected chi connectivity index (χ4v) is 4.90.